The topological polar surface area (TPSA) is 49.8 Å². The van der Waals surface area contributed by atoms with E-state index in [4.69, 9.17) is 4.74 Å². The molecule has 5 rings (SSSR count). The van der Waals surface area contributed by atoms with Crippen LogP contribution in [0.1, 0.15) is 71.6 Å². The predicted molar refractivity (Wildman–Crippen MR) is 113 cm³/mol. The summed E-state index contributed by atoms with van der Waals surface area (Å²) in [5.74, 6) is 4.81. The highest BCUT2D eigenvalue weighted by Gasteiger charge is 2.58. The minimum absolute atomic E-state index is 0.234. The first-order valence-corrected chi connectivity index (χ1v) is 12.4. The molecule has 0 amide bonds. The molecule has 0 bridgehead atoms. The van der Waals surface area contributed by atoms with E-state index in [2.05, 4.69) is 18.7 Å². The summed E-state index contributed by atoms with van der Waals surface area (Å²) in [7, 11) is 0. The Kier molecular flexibility index (Phi) is 5.36. The van der Waals surface area contributed by atoms with Crippen molar-refractivity contribution in [1.29, 1.82) is 0 Å². The Bertz CT molecular complexity index is 628. The Morgan fingerprint density at radius 3 is 2.52 bits per heavy atom. The number of morpholine rings is 1. The largest absolute Gasteiger partial charge is 0.390 e. The molecule has 8 atom stereocenters. The van der Waals surface area contributed by atoms with Crippen molar-refractivity contribution in [3.63, 3.8) is 0 Å². The van der Waals surface area contributed by atoms with Crippen molar-refractivity contribution in [2.75, 3.05) is 32.8 Å². The maximum atomic E-state index is 13.3. The number of hydrogen-bond donors (Lipinski definition) is 1. The van der Waals surface area contributed by atoms with Gasteiger partial charge < -0.3 is 9.84 Å². The summed E-state index contributed by atoms with van der Waals surface area (Å²) in [4.78, 5) is 15.6. The maximum absolute atomic E-state index is 13.3. The lowest BCUT2D eigenvalue weighted by Gasteiger charge is -2.57. The van der Waals surface area contributed by atoms with Crippen molar-refractivity contribution < 1.29 is 14.6 Å². The predicted octanol–water partition coefficient (Wildman–Crippen LogP) is 3.91. The fraction of sp³-hybridized carbons (Fsp3) is 0.960. The van der Waals surface area contributed by atoms with Crippen LogP contribution in [0.2, 0.25) is 0 Å². The summed E-state index contributed by atoms with van der Waals surface area (Å²) >= 11 is 0. The smallest absolute Gasteiger partial charge is 0.150 e. The third-order valence-electron chi connectivity index (χ3n) is 10.1. The number of Topliss-reactive ketones (excluding diaryl/α,β-unsaturated/α-hetero) is 1. The molecule has 5 aliphatic rings. The molecule has 29 heavy (non-hydrogen) atoms. The van der Waals surface area contributed by atoms with Gasteiger partial charge in [0, 0.05) is 19.0 Å². The number of fused-ring (bicyclic) bond motifs is 5. The highest BCUT2D eigenvalue weighted by molar-refractivity contribution is 5.84. The molecular formula is C25H41NO3. The Hall–Kier alpha value is -0.450. The lowest BCUT2D eigenvalue weighted by molar-refractivity contribution is -0.134. The number of ketones is 1. The van der Waals surface area contributed by atoms with E-state index in [1.165, 1.54) is 38.5 Å². The van der Waals surface area contributed by atoms with E-state index in [1.807, 2.05) is 0 Å². The fourth-order valence-electron chi connectivity index (χ4n) is 8.70. The molecule has 0 aromatic heterocycles. The lowest BCUT2D eigenvalue weighted by Crippen LogP contribution is -2.51. The van der Waals surface area contributed by atoms with Crippen LogP contribution in [0.4, 0.5) is 0 Å². The van der Waals surface area contributed by atoms with Crippen LogP contribution >= 0.6 is 0 Å². The Morgan fingerprint density at radius 1 is 0.966 bits per heavy atom. The molecule has 0 aromatic carbocycles. The van der Waals surface area contributed by atoms with Crippen LogP contribution < -0.4 is 0 Å². The van der Waals surface area contributed by atoms with Crippen molar-refractivity contribution >= 4 is 5.78 Å². The van der Waals surface area contributed by atoms with Gasteiger partial charge >= 0.3 is 0 Å². The van der Waals surface area contributed by atoms with Crippen LogP contribution in [0.3, 0.4) is 0 Å². The van der Waals surface area contributed by atoms with E-state index in [0.717, 1.165) is 75.2 Å². The van der Waals surface area contributed by atoms with Crippen LogP contribution in [-0.4, -0.2) is 54.2 Å². The lowest BCUT2D eigenvalue weighted by atomic mass is 9.49. The monoisotopic (exact) mass is 403 g/mol. The molecule has 0 spiro atoms. The van der Waals surface area contributed by atoms with Crippen LogP contribution in [0.25, 0.3) is 0 Å². The molecule has 0 aromatic rings. The van der Waals surface area contributed by atoms with E-state index in [0.29, 0.717) is 12.3 Å². The van der Waals surface area contributed by atoms with Gasteiger partial charge in [-0.05, 0) is 99.7 Å². The van der Waals surface area contributed by atoms with Gasteiger partial charge in [0.25, 0.3) is 0 Å². The number of nitrogens with zero attached hydrogens (tertiary/aromatic N) is 1. The molecular weight excluding hydrogens is 362 g/mol. The van der Waals surface area contributed by atoms with Crippen molar-refractivity contribution in [2.45, 2.75) is 77.2 Å². The SMILES string of the molecule is C[C@]1(O)CC[C@H]2[C@H](CC[C@@H]3[C@@H]2CC[C@]2(C)[C@@H](C(=O)CN4CCOCC4)CC[C@@H]32)C1. The normalized spacial score (nSPS) is 50.4. The van der Waals surface area contributed by atoms with Gasteiger partial charge in [0.1, 0.15) is 5.78 Å². The van der Waals surface area contributed by atoms with E-state index in [-0.39, 0.29) is 11.3 Å². The summed E-state index contributed by atoms with van der Waals surface area (Å²) in [5.41, 5.74) is -0.195. The van der Waals surface area contributed by atoms with Gasteiger partial charge in [-0.25, -0.2) is 0 Å². The molecule has 1 aliphatic heterocycles. The quantitative estimate of drug-likeness (QED) is 0.776. The highest BCUT2D eigenvalue weighted by Crippen LogP contribution is 2.64. The molecule has 0 radical (unpaired) electrons. The van der Waals surface area contributed by atoms with Gasteiger partial charge in [-0.1, -0.05) is 6.92 Å². The Labute approximate surface area is 176 Å². The van der Waals surface area contributed by atoms with E-state index >= 15 is 0 Å². The zero-order valence-corrected chi connectivity index (χ0v) is 18.6. The highest BCUT2D eigenvalue weighted by atomic mass is 16.5. The van der Waals surface area contributed by atoms with Crippen LogP contribution in [0, 0.1) is 40.9 Å². The van der Waals surface area contributed by atoms with Crippen molar-refractivity contribution in [2.24, 2.45) is 40.9 Å². The third kappa shape index (κ3) is 3.61. The van der Waals surface area contributed by atoms with Crippen LogP contribution in [0.15, 0.2) is 0 Å². The summed E-state index contributed by atoms with van der Waals surface area (Å²) in [6.07, 6.45) is 10.8. The molecule has 164 valence electrons. The van der Waals surface area contributed by atoms with Gasteiger partial charge in [-0.2, -0.15) is 0 Å². The second-order valence-electron chi connectivity index (χ2n) is 11.7. The second kappa shape index (κ2) is 7.60. The number of ether oxygens (including phenoxy) is 1. The minimum Gasteiger partial charge on any atom is -0.390 e. The first kappa shape index (κ1) is 20.5. The molecule has 4 nitrogen and oxygen atoms in total. The summed E-state index contributed by atoms with van der Waals surface area (Å²) in [6, 6.07) is 0. The average Bonchev–Trinajstić information content (AvgIpc) is 3.05. The first-order chi connectivity index (χ1) is 13.9. The number of rotatable bonds is 3. The number of carbonyl (C=O) groups is 1. The number of aliphatic hydroxyl groups is 1. The molecule has 1 heterocycles. The molecule has 4 aliphatic carbocycles. The third-order valence-corrected chi connectivity index (χ3v) is 10.1. The van der Waals surface area contributed by atoms with Gasteiger partial charge in [0.05, 0.1) is 25.4 Å². The first-order valence-electron chi connectivity index (χ1n) is 12.4. The molecule has 4 saturated carbocycles. The van der Waals surface area contributed by atoms with Crippen LogP contribution in [-0.2, 0) is 9.53 Å². The summed E-state index contributed by atoms with van der Waals surface area (Å²) in [5, 5.41) is 10.6. The standard InChI is InChI=1S/C25H41NO3/c1-24(28)9-7-18-17(15-24)3-4-20-19(18)8-10-25(2)21(20)5-6-22(25)23(27)16-26-11-13-29-14-12-26/h17-22,28H,3-16H2,1-2H3/t17-,18+,19-,20-,21+,22-,24+,25+/m1/s1. The average molecular weight is 404 g/mol. The molecule has 0 unspecified atom stereocenters. The molecule has 4 heteroatoms. The van der Waals surface area contributed by atoms with Crippen molar-refractivity contribution in [3.05, 3.63) is 0 Å². The van der Waals surface area contributed by atoms with E-state index < -0.39 is 5.60 Å². The van der Waals surface area contributed by atoms with Gasteiger partial charge in [0.15, 0.2) is 0 Å². The number of hydrogen-bond acceptors (Lipinski definition) is 4. The zero-order valence-electron chi connectivity index (χ0n) is 18.6. The van der Waals surface area contributed by atoms with E-state index in [1.54, 1.807) is 0 Å². The van der Waals surface area contributed by atoms with Crippen molar-refractivity contribution in [1.82, 2.24) is 4.90 Å². The summed E-state index contributed by atoms with van der Waals surface area (Å²) < 4.78 is 5.46. The van der Waals surface area contributed by atoms with Gasteiger partial charge in [-0.15, -0.1) is 0 Å². The zero-order chi connectivity index (χ0) is 20.2. The molecule has 1 N–H and O–H groups in total. The van der Waals surface area contributed by atoms with Gasteiger partial charge in [-0.3, -0.25) is 9.69 Å². The van der Waals surface area contributed by atoms with Crippen molar-refractivity contribution in [3.8, 4) is 0 Å². The molecule has 1 saturated heterocycles. The van der Waals surface area contributed by atoms with Crippen LogP contribution in [0.5, 0.6) is 0 Å². The Balaban J connectivity index is 1.28. The summed E-state index contributed by atoms with van der Waals surface area (Å²) in [6.45, 7) is 8.54. The fourth-order valence-corrected chi connectivity index (χ4v) is 8.70. The molecule has 5 fully saturated rings. The maximum Gasteiger partial charge on any atom is 0.150 e. The van der Waals surface area contributed by atoms with E-state index in [9.17, 15) is 9.90 Å². The number of carbonyl (C=O) groups excluding carboxylic acids is 1. The Morgan fingerprint density at radius 2 is 1.72 bits per heavy atom. The van der Waals surface area contributed by atoms with Gasteiger partial charge in [0.2, 0.25) is 0 Å². The second-order valence-corrected chi connectivity index (χ2v) is 11.7. The minimum atomic E-state index is -0.429.